The van der Waals surface area contributed by atoms with Crippen LogP contribution >= 0.6 is 27.3 Å². The summed E-state index contributed by atoms with van der Waals surface area (Å²) in [7, 11) is 1.78. The zero-order chi connectivity index (χ0) is 13.7. The first kappa shape index (κ1) is 14.1. The number of likely N-dealkylation sites (N-methyl/N-ethyl adjacent to an activating group) is 1. The van der Waals surface area contributed by atoms with E-state index in [2.05, 4.69) is 15.9 Å². The first-order valence-corrected chi connectivity index (χ1v) is 7.52. The minimum atomic E-state index is 0.0125. The Kier molecular flexibility index (Phi) is 4.99. The zero-order valence-corrected chi connectivity index (χ0v) is 12.9. The first-order chi connectivity index (χ1) is 9.18. The largest absolute Gasteiger partial charge is 0.492 e. The fraction of sp³-hybridized carbons (Fsp3) is 0.214. The average molecular weight is 340 g/mol. The summed E-state index contributed by atoms with van der Waals surface area (Å²) in [5.74, 6) is 0.833. The quantitative estimate of drug-likeness (QED) is 0.831. The topological polar surface area (TPSA) is 29.5 Å². The maximum absolute atomic E-state index is 12.1. The van der Waals surface area contributed by atoms with Crippen LogP contribution in [-0.4, -0.2) is 31.0 Å². The van der Waals surface area contributed by atoms with Crippen LogP contribution in [0.15, 0.2) is 46.3 Å². The van der Waals surface area contributed by atoms with Crippen molar-refractivity contribution < 1.29 is 9.53 Å². The molecule has 0 bridgehead atoms. The van der Waals surface area contributed by atoms with Gasteiger partial charge in [0.25, 0.3) is 5.91 Å². The molecule has 1 amide bonds. The molecule has 19 heavy (non-hydrogen) atoms. The molecule has 0 aliphatic rings. The number of thiophene rings is 1. The van der Waals surface area contributed by atoms with Crippen molar-refractivity contribution in [3.8, 4) is 5.75 Å². The van der Waals surface area contributed by atoms with Gasteiger partial charge in [0.15, 0.2) is 0 Å². The second-order valence-electron chi connectivity index (χ2n) is 3.99. The molecule has 100 valence electrons. The third kappa shape index (κ3) is 3.81. The lowest BCUT2D eigenvalue weighted by atomic mass is 10.3. The molecule has 0 aliphatic carbocycles. The van der Waals surface area contributed by atoms with Crippen molar-refractivity contribution in [3.63, 3.8) is 0 Å². The van der Waals surface area contributed by atoms with Crippen molar-refractivity contribution in [3.05, 3.63) is 51.1 Å². The molecule has 0 fully saturated rings. The number of amides is 1. The van der Waals surface area contributed by atoms with E-state index in [1.54, 1.807) is 11.9 Å². The van der Waals surface area contributed by atoms with Gasteiger partial charge in [-0.3, -0.25) is 4.79 Å². The molecule has 0 atom stereocenters. The second-order valence-corrected chi connectivity index (χ2v) is 5.76. The van der Waals surface area contributed by atoms with E-state index < -0.39 is 0 Å². The Morgan fingerprint density at radius 1 is 1.32 bits per heavy atom. The lowest BCUT2D eigenvalue weighted by Crippen LogP contribution is -2.30. The number of halogens is 1. The van der Waals surface area contributed by atoms with Crippen LogP contribution in [0.4, 0.5) is 0 Å². The Bertz CT molecular complexity index is 541. The van der Waals surface area contributed by atoms with Crippen LogP contribution in [0.3, 0.4) is 0 Å². The Hall–Kier alpha value is -1.33. The van der Waals surface area contributed by atoms with Crippen LogP contribution in [0.2, 0.25) is 0 Å². The summed E-state index contributed by atoms with van der Waals surface area (Å²) in [5, 5.41) is 1.89. The molecule has 3 nitrogen and oxygen atoms in total. The molecule has 2 aromatic rings. The minimum Gasteiger partial charge on any atom is -0.492 e. The van der Waals surface area contributed by atoms with E-state index in [-0.39, 0.29) is 5.91 Å². The minimum absolute atomic E-state index is 0.0125. The number of para-hydroxylation sites is 1. The highest BCUT2D eigenvalue weighted by molar-refractivity contribution is 9.10. The highest BCUT2D eigenvalue weighted by Gasteiger charge is 2.15. The fourth-order valence-corrected chi connectivity index (χ4v) is 3.07. The summed E-state index contributed by atoms with van der Waals surface area (Å²) >= 11 is 4.81. The summed E-state index contributed by atoms with van der Waals surface area (Å²) in [4.78, 5) is 14.5. The van der Waals surface area contributed by atoms with Crippen LogP contribution in [0.25, 0.3) is 0 Å². The van der Waals surface area contributed by atoms with Crippen molar-refractivity contribution in [2.75, 3.05) is 20.2 Å². The molecule has 0 unspecified atom stereocenters. The number of nitrogens with zero attached hydrogens (tertiary/aromatic N) is 1. The lowest BCUT2D eigenvalue weighted by Gasteiger charge is -2.17. The highest BCUT2D eigenvalue weighted by Crippen LogP contribution is 2.23. The van der Waals surface area contributed by atoms with Crippen LogP contribution in [0.5, 0.6) is 5.75 Å². The molecule has 0 N–H and O–H groups in total. The molecule has 0 spiro atoms. The van der Waals surface area contributed by atoms with Gasteiger partial charge in [-0.05, 0) is 39.5 Å². The van der Waals surface area contributed by atoms with Gasteiger partial charge in [0, 0.05) is 11.5 Å². The number of carbonyl (C=O) groups excluding carboxylic acids is 1. The summed E-state index contributed by atoms with van der Waals surface area (Å²) in [6.07, 6.45) is 0. The number of ether oxygens (including phenoxy) is 1. The van der Waals surface area contributed by atoms with Gasteiger partial charge in [-0.1, -0.05) is 18.2 Å². The van der Waals surface area contributed by atoms with Gasteiger partial charge in [-0.15, -0.1) is 11.3 Å². The summed E-state index contributed by atoms with van der Waals surface area (Å²) in [6.45, 7) is 1.04. The van der Waals surface area contributed by atoms with E-state index in [1.165, 1.54) is 11.3 Å². The molecule has 0 saturated carbocycles. The Balaban J connectivity index is 1.83. The van der Waals surface area contributed by atoms with Crippen molar-refractivity contribution in [2.45, 2.75) is 0 Å². The summed E-state index contributed by atoms with van der Waals surface area (Å²) < 4.78 is 6.42. The van der Waals surface area contributed by atoms with Gasteiger partial charge in [0.1, 0.15) is 17.2 Å². The van der Waals surface area contributed by atoms with Crippen molar-refractivity contribution >= 4 is 33.2 Å². The van der Waals surface area contributed by atoms with Gasteiger partial charge in [0.05, 0.1) is 6.54 Å². The van der Waals surface area contributed by atoms with Gasteiger partial charge in [-0.25, -0.2) is 0 Å². The monoisotopic (exact) mass is 339 g/mol. The predicted molar refractivity (Wildman–Crippen MR) is 80.9 cm³/mol. The van der Waals surface area contributed by atoms with Crippen LogP contribution in [0, 0.1) is 0 Å². The molecule has 0 aliphatic heterocycles. The maximum atomic E-state index is 12.1. The molecular formula is C14H14BrNO2S. The summed E-state index contributed by atoms with van der Waals surface area (Å²) in [6, 6.07) is 11.5. The third-order valence-corrected chi connectivity index (χ3v) is 4.42. The SMILES string of the molecule is CN(CCOc1ccccc1)C(=O)c1sccc1Br. The van der Waals surface area contributed by atoms with E-state index in [0.29, 0.717) is 13.2 Å². The van der Waals surface area contributed by atoms with Gasteiger partial charge >= 0.3 is 0 Å². The lowest BCUT2D eigenvalue weighted by molar-refractivity contribution is 0.0777. The molecule has 1 heterocycles. The third-order valence-electron chi connectivity index (χ3n) is 2.60. The van der Waals surface area contributed by atoms with Crippen molar-refractivity contribution in [2.24, 2.45) is 0 Å². The van der Waals surface area contributed by atoms with E-state index in [4.69, 9.17) is 4.74 Å². The maximum Gasteiger partial charge on any atom is 0.264 e. The Morgan fingerprint density at radius 3 is 2.68 bits per heavy atom. The Labute approximate surface area is 124 Å². The molecular weight excluding hydrogens is 326 g/mol. The van der Waals surface area contributed by atoms with Crippen molar-refractivity contribution in [1.29, 1.82) is 0 Å². The molecule has 0 radical (unpaired) electrons. The number of carbonyl (C=O) groups is 1. The average Bonchev–Trinajstić information content (AvgIpc) is 2.85. The van der Waals surface area contributed by atoms with E-state index in [0.717, 1.165) is 15.1 Å². The standard InChI is InChI=1S/C14H14BrNO2S/c1-16(14(17)13-12(15)7-10-19-13)8-9-18-11-5-3-2-4-6-11/h2-7,10H,8-9H2,1H3. The first-order valence-electron chi connectivity index (χ1n) is 5.85. The van der Waals surface area contributed by atoms with Gasteiger partial charge in [-0.2, -0.15) is 0 Å². The molecule has 1 aromatic heterocycles. The molecule has 2 rings (SSSR count). The number of hydrogen-bond donors (Lipinski definition) is 0. The summed E-state index contributed by atoms with van der Waals surface area (Å²) in [5.41, 5.74) is 0. The molecule has 0 saturated heterocycles. The number of hydrogen-bond acceptors (Lipinski definition) is 3. The number of rotatable bonds is 5. The van der Waals surface area contributed by atoms with Crippen molar-refractivity contribution in [1.82, 2.24) is 4.90 Å². The van der Waals surface area contributed by atoms with Gasteiger partial charge in [0.2, 0.25) is 0 Å². The van der Waals surface area contributed by atoms with Crippen LogP contribution in [0.1, 0.15) is 9.67 Å². The fourth-order valence-electron chi connectivity index (χ4n) is 1.54. The smallest absolute Gasteiger partial charge is 0.264 e. The molecule has 1 aromatic carbocycles. The predicted octanol–water partition coefficient (Wildman–Crippen LogP) is 3.66. The second kappa shape index (κ2) is 6.73. The van der Waals surface area contributed by atoms with Crippen LogP contribution in [-0.2, 0) is 0 Å². The Morgan fingerprint density at radius 2 is 2.05 bits per heavy atom. The van der Waals surface area contributed by atoms with E-state index >= 15 is 0 Å². The van der Waals surface area contributed by atoms with Gasteiger partial charge < -0.3 is 9.64 Å². The number of benzene rings is 1. The normalized spacial score (nSPS) is 10.2. The van der Waals surface area contributed by atoms with E-state index in [9.17, 15) is 4.79 Å². The zero-order valence-electron chi connectivity index (χ0n) is 10.5. The van der Waals surface area contributed by atoms with Crippen LogP contribution < -0.4 is 4.74 Å². The highest BCUT2D eigenvalue weighted by atomic mass is 79.9. The van der Waals surface area contributed by atoms with E-state index in [1.807, 2.05) is 41.8 Å². The molecule has 5 heteroatoms.